The van der Waals surface area contributed by atoms with Crippen LogP contribution in [0, 0.1) is 11.8 Å². The molecule has 3 heterocycles. The van der Waals surface area contributed by atoms with Crippen molar-refractivity contribution in [1.82, 2.24) is 4.90 Å². The number of anilines is 2. The van der Waals surface area contributed by atoms with Gasteiger partial charge in [0.25, 0.3) is 5.91 Å². The van der Waals surface area contributed by atoms with Crippen molar-refractivity contribution in [3.8, 4) is 0 Å². The number of hydrogen-bond donors (Lipinski definition) is 1. The van der Waals surface area contributed by atoms with Gasteiger partial charge in [-0.25, -0.2) is 0 Å². The molecule has 2 aromatic carbocycles. The van der Waals surface area contributed by atoms with Gasteiger partial charge in [-0.3, -0.25) is 14.4 Å². The Morgan fingerprint density at radius 2 is 1.57 bits per heavy atom. The minimum absolute atomic E-state index is 0.116. The van der Waals surface area contributed by atoms with Gasteiger partial charge in [0.15, 0.2) is 0 Å². The maximum absolute atomic E-state index is 14.7. The molecule has 3 aliphatic heterocycles. The third kappa shape index (κ3) is 5.59. The molecule has 234 valence electrons. The van der Waals surface area contributed by atoms with E-state index in [0.717, 1.165) is 18.5 Å². The van der Waals surface area contributed by atoms with E-state index in [1.165, 1.54) is 0 Å². The van der Waals surface area contributed by atoms with Crippen LogP contribution in [0.3, 0.4) is 0 Å². The van der Waals surface area contributed by atoms with Gasteiger partial charge >= 0.3 is 0 Å². The van der Waals surface area contributed by atoms with Crippen LogP contribution in [0.5, 0.6) is 0 Å². The van der Waals surface area contributed by atoms with E-state index in [4.69, 9.17) is 16.3 Å². The number of aliphatic hydroxyl groups is 1. The molecule has 1 N–H and O–H groups in total. The van der Waals surface area contributed by atoms with Crippen LogP contribution in [0.15, 0.2) is 79.9 Å². The topological polar surface area (TPSA) is 90.4 Å². The smallest absolute Gasteiger partial charge is 0.253 e. The fourth-order valence-electron chi connectivity index (χ4n) is 7.52. The number of rotatable bonds is 14. The van der Waals surface area contributed by atoms with Gasteiger partial charge in [0.1, 0.15) is 11.6 Å². The Kier molecular flexibility index (Phi) is 9.63. The highest BCUT2D eigenvalue weighted by molar-refractivity contribution is 6.30. The van der Waals surface area contributed by atoms with Gasteiger partial charge in [-0.2, -0.15) is 0 Å². The summed E-state index contributed by atoms with van der Waals surface area (Å²) in [5.41, 5.74) is -0.684. The van der Waals surface area contributed by atoms with E-state index in [1.807, 2.05) is 37.3 Å². The second-order valence-corrected chi connectivity index (χ2v) is 12.6. The number of amides is 3. The first-order valence-electron chi connectivity index (χ1n) is 15.5. The maximum atomic E-state index is 14.7. The van der Waals surface area contributed by atoms with Crippen LogP contribution in [0.25, 0.3) is 0 Å². The van der Waals surface area contributed by atoms with E-state index >= 15 is 0 Å². The average Bonchev–Trinajstić information content (AvgIpc) is 3.59. The van der Waals surface area contributed by atoms with Gasteiger partial charge in [-0.05, 0) is 69.0 Å². The first-order chi connectivity index (χ1) is 21.2. The molecule has 9 heteroatoms. The third-order valence-corrected chi connectivity index (χ3v) is 9.70. The molecule has 44 heavy (non-hydrogen) atoms. The van der Waals surface area contributed by atoms with Crippen LogP contribution < -0.4 is 9.80 Å². The van der Waals surface area contributed by atoms with E-state index in [1.54, 1.807) is 51.1 Å². The molecule has 5 rings (SSSR count). The summed E-state index contributed by atoms with van der Waals surface area (Å²) < 4.78 is 6.87. The van der Waals surface area contributed by atoms with Crippen molar-refractivity contribution in [2.45, 2.75) is 62.7 Å². The molecule has 0 aromatic heterocycles. The zero-order valence-corrected chi connectivity index (χ0v) is 26.1. The molecule has 3 amide bonds. The summed E-state index contributed by atoms with van der Waals surface area (Å²) in [7, 11) is 0. The molecule has 0 radical (unpaired) electrons. The van der Waals surface area contributed by atoms with E-state index in [-0.39, 0.29) is 37.4 Å². The summed E-state index contributed by atoms with van der Waals surface area (Å²) in [5.74, 6) is -2.24. The lowest BCUT2D eigenvalue weighted by Gasteiger charge is -2.37. The Hall–Kier alpha value is -3.46. The van der Waals surface area contributed by atoms with Crippen molar-refractivity contribution in [1.29, 1.82) is 0 Å². The number of nitrogens with zero attached hydrogens (tertiary/aromatic N) is 3. The second-order valence-electron chi connectivity index (χ2n) is 12.2. The van der Waals surface area contributed by atoms with E-state index in [9.17, 15) is 19.5 Å². The Morgan fingerprint density at radius 3 is 2.20 bits per heavy atom. The van der Waals surface area contributed by atoms with Gasteiger partial charge in [0.2, 0.25) is 11.8 Å². The molecule has 0 aliphatic carbocycles. The quantitative estimate of drug-likeness (QED) is 0.226. The number of ether oxygens (including phenoxy) is 1. The minimum Gasteiger partial charge on any atom is -0.396 e. The third-order valence-electron chi connectivity index (χ3n) is 9.45. The molecule has 1 spiro atoms. The largest absolute Gasteiger partial charge is 0.396 e. The summed E-state index contributed by atoms with van der Waals surface area (Å²) in [6, 6.07) is 15.5. The van der Waals surface area contributed by atoms with Crippen LogP contribution in [-0.4, -0.2) is 71.2 Å². The van der Waals surface area contributed by atoms with Crippen LogP contribution in [0.2, 0.25) is 5.02 Å². The van der Waals surface area contributed by atoms with Crippen molar-refractivity contribution in [2.75, 3.05) is 36.0 Å². The van der Waals surface area contributed by atoms with Crippen molar-refractivity contribution in [2.24, 2.45) is 11.8 Å². The number of para-hydroxylation sites is 1. The van der Waals surface area contributed by atoms with Crippen LogP contribution in [-0.2, 0) is 19.1 Å². The van der Waals surface area contributed by atoms with Gasteiger partial charge in [0.05, 0.1) is 17.4 Å². The Balaban J connectivity index is 1.55. The summed E-state index contributed by atoms with van der Waals surface area (Å²) in [6.45, 7) is 10.7. The molecule has 3 fully saturated rings. The van der Waals surface area contributed by atoms with E-state index in [2.05, 4.69) is 13.2 Å². The van der Waals surface area contributed by atoms with Crippen LogP contribution >= 0.6 is 11.6 Å². The van der Waals surface area contributed by atoms with Gasteiger partial charge in [-0.15, -0.1) is 13.2 Å². The van der Waals surface area contributed by atoms with Crippen molar-refractivity contribution in [3.05, 3.63) is 84.9 Å². The predicted octanol–water partition coefficient (Wildman–Crippen LogP) is 5.40. The highest BCUT2D eigenvalue weighted by Crippen LogP contribution is 2.63. The molecule has 2 unspecified atom stereocenters. The number of carbonyl (C=O) groups is 3. The van der Waals surface area contributed by atoms with Crippen molar-refractivity contribution in [3.63, 3.8) is 0 Å². The fraction of sp³-hybridized carbons (Fsp3) is 0.457. The Labute approximate surface area is 264 Å². The van der Waals surface area contributed by atoms with Crippen molar-refractivity contribution >= 4 is 40.7 Å². The summed E-state index contributed by atoms with van der Waals surface area (Å²) >= 11 is 6.16. The molecule has 8 nitrogen and oxygen atoms in total. The number of benzene rings is 2. The van der Waals surface area contributed by atoms with Crippen LogP contribution in [0.4, 0.5) is 11.4 Å². The monoisotopic (exact) mass is 619 g/mol. The lowest BCUT2D eigenvalue weighted by atomic mass is 9.66. The number of carbonyl (C=O) groups excluding carboxylic acids is 3. The predicted molar refractivity (Wildman–Crippen MR) is 172 cm³/mol. The highest BCUT2D eigenvalue weighted by Gasteiger charge is 2.78. The minimum atomic E-state index is -1.14. The number of aliphatic hydroxyl groups excluding tert-OH is 1. The molecular weight excluding hydrogens is 578 g/mol. The second kappa shape index (κ2) is 13.3. The van der Waals surface area contributed by atoms with E-state index < -0.39 is 29.1 Å². The highest BCUT2D eigenvalue weighted by atomic mass is 35.5. The number of unbranched alkanes of at least 4 members (excludes halogenated alkanes) is 3. The fourth-order valence-corrected chi connectivity index (χ4v) is 7.64. The first-order valence-corrected chi connectivity index (χ1v) is 15.9. The first kappa shape index (κ1) is 31.9. The molecule has 3 aliphatic rings. The molecule has 2 bridgehead atoms. The van der Waals surface area contributed by atoms with Crippen LogP contribution in [0.1, 0.15) is 45.4 Å². The van der Waals surface area contributed by atoms with Gasteiger partial charge in [0, 0.05) is 42.6 Å². The van der Waals surface area contributed by atoms with Gasteiger partial charge < -0.3 is 24.5 Å². The summed E-state index contributed by atoms with van der Waals surface area (Å²) in [6.07, 6.45) is 7.37. The number of halogens is 1. The zero-order valence-electron chi connectivity index (χ0n) is 25.4. The zero-order chi connectivity index (χ0) is 31.5. The van der Waals surface area contributed by atoms with E-state index in [0.29, 0.717) is 42.9 Å². The average molecular weight is 620 g/mol. The standard InChI is InChI=1S/C35H42ClN3O5/c1-4-21-37(26-13-9-8-10-14-26)31(41)28-29-32(42)39(23-11-6-7-12-24-40)30(35(29)20-19-34(28,3)44-35)33(43)38(22-5-2)27-17-15-25(36)16-18-27/h4-5,8-10,13-18,28-30,40H,1-2,6-7,11-12,19-24H2,3H3/t28-,29-,30?,34+,35?/m0/s1. The summed E-state index contributed by atoms with van der Waals surface area (Å²) in [5, 5.41) is 9.78. The number of likely N-dealkylation sites (tertiary alicyclic amines) is 1. The normalized spacial score (nSPS) is 26.8. The molecule has 5 atom stereocenters. The maximum Gasteiger partial charge on any atom is 0.253 e. The Morgan fingerprint density at radius 1 is 0.955 bits per heavy atom. The summed E-state index contributed by atoms with van der Waals surface area (Å²) in [4.78, 5) is 48.7. The number of hydrogen-bond acceptors (Lipinski definition) is 5. The SMILES string of the molecule is C=CCN(C(=O)C1N(CCCCCCO)C(=O)[C@@H]2[C@@H](C(=O)N(CC=C)c3ccccc3)[C@@]3(C)CCC12O3)c1ccc(Cl)cc1. The lowest BCUT2D eigenvalue weighted by molar-refractivity contribution is -0.144. The molecule has 0 saturated carbocycles. The van der Waals surface area contributed by atoms with Gasteiger partial charge in [-0.1, -0.05) is 54.8 Å². The molecular formula is C35H42ClN3O5. The molecule has 3 saturated heterocycles. The number of fused-ring (bicyclic) bond motifs is 1. The van der Waals surface area contributed by atoms with Crippen molar-refractivity contribution < 1.29 is 24.2 Å². The lowest BCUT2D eigenvalue weighted by Crippen LogP contribution is -2.56. The molecule has 2 aromatic rings. The Bertz CT molecular complexity index is 1380.